The Morgan fingerprint density at radius 2 is 1.45 bits per heavy atom. The number of benzene rings is 2. The molecule has 3 heteroatoms. The van der Waals surface area contributed by atoms with Crippen molar-refractivity contribution in [1.82, 2.24) is 4.90 Å². The van der Waals surface area contributed by atoms with Crippen molar-refractivity contribution in [3.8, 4) is 0 Å². The Morgan fingerprint density at radius 3 is 2.10 bits per heavy atom. The monoisotopic (exact) mass is 271 g/mol. The van der Waals surface area contributed by atoms with Gasteiger partial charge in [-0.05, 0) is 23.3 Å². The van der Waals surface area contributed by atoms with Gasteiger partial charge in [0.1, 0.15) is 5.82 Å². The van der Waals surface area contributed by atoms with Gasteiger partial charge in [0.25, 0.3) is 0 Å². The molecule has 20 heavy (non-hydrogen) atoms. The molecule has 3 rings (SSSR count). The van der Waals surface area contributed by atoms with Crippen LogP contribution in [0.5, 0.6) is 0 Å². The zero-order chi connectivity index (χ0) is 13.8. The van der Waals surface area contributed by atoms with Crippen molar-refractivity contribution in [2.24, 2.45) is 0 Å². The first kappa shape index (κ1) is 13.3. The molecule has 1 unspecified atom stereocenters. The first-order valence-corrected chi connectivity index (χ1v) is 6.97. The first-order chi connectivity index (χ1) is 9.84. The predicted octanol–water partition coefficient (Wildman–Crippen LogP) is 3.25. The Hall–Kier alpha value is -1.71. The summed E-state index contributed by atoms with van der Waals surface area (Å²) >= 11 is 0. The minimum atomic E-state index is -0.192. The molecule has 1 saturated heterocycles. The second-order valence-electron chi connectivity index (χ2n) is 5.01. The molecule has 0 amide bonds. The van der Waals surface area contributed by atoms with E-state index < -0.39 is 0 Å². The minimum absolute atomic E-state index is 0.167. The fourth-order valence-corrected chi connectivity index (χ4v) is 2.73. The van der Waals surface area contributed by atoms with Crippen molar-refractivity contribution in [1.29, 1.82) is 0 Å². The lowest BCUT2D eigenvalue weighted by Gasteiger charge is -2.35. The molecule has 1 atom stereocenters. The van der Waals surface area contributed by atoms with Gasteiger partial charge in [0.2, 0.25) is 0 Å². The Bertz CT molecular complexity index is 535. The number of nitrogens with zero attached hydrogens (tertiary/aromatic N) is 1. The average molecular weight is 271 g/mol. The SMILES string of the molecule is Fc1ccc(C(c2ccccc2)N2CCOCC2)cc1. The second kappa shape index (κ2) is 6.16. The molecule has 1 aliphatic rings. The van der Waals surface area contributed by atoms with Crippen LogP contribution in [0.15, 0.2) is 54.6 Å². The number of morpholine rings is 1. The smallest absolute Gasteiger partial charge is 0.123 e. The number of hydrogen-bond acceptors (Lipinski definition) is 2. The second-order valence-corrected chi connectivity index (χ2v) is 5.01. The quantitative estimate of drug-likeness (QED) is 0.849. The summed E-state index contributed by atoms with van der Waals surface area (Å²) in [6.07, 6.45) is 0. The van der Waals surface area contributed by atoms with Crippen LogP contribution in [0.1, 0.15) is 17.2 Å². The van der Waals surface area contributed by atoms with E-state index in [9.17, 15) is 4.39 Å². The van der Waals surface area contributed by atoms with Gasteiger partial charge in [-0.15, -0.1) is 0 Å². The summed E-state index contributed by atoms with van der Waals surface area (Å²) in [4.78, 5) is 2.39. The maximum Gasteiger partial charge on any atom is 0.123 e. The molecule has 0 radical (unpaired) electrons. The van der Waals surface area contributed by atoms with Gasteiger partial charge in [-0.1, -0.05) is 42.5 Å². The van der Waals surface area contributed by atoms with Crippen LogP contribution in [0, 0.1) is 5.82 Å². The standard InChI is InChI=1S/C17H18FNO/c18-16-8-6-15(7-9-16)17(14-4-2-1-3-5-14)19-10-12-20-13-11-19/h1-9,17H,10-13H2. The van der Waals surface area contributed by atoms with Gasteiger partial charge in [0, 0.05) is 13.1 Å². The van der Waals surface area contributed by atoms with Crippen molar-refractivity contribution in [3.63, 3.8) is 0 Å². The fourth-order valence-electron chi connectivity index (χ4n) is 2.73. The van der Waals surface area contributed by atoms with E-state index in [1.165, 1.54) is 17.7 Å². The van der Waals surface area contributed by atoms with E-state index in [1.54, 1.807) is 0 Å². The van der Waals surface area contributed by atoms with Crippen LogP contribution in [-0.2, 0) is 4.74 Å². The molecule has 0 N–H and O–H groups in total. The molecular formula is C17H18FNO. The van der Waals surface area contributed by atoms with Crippen molar-refractivity contribution >= 4 is 0 Å². The fraction of sp³-hybridized carbons (Fsp3) is 0.294. The Balaban J connectivity index is 1.96. The van der Waals surface area contributed by atoms with E-state index in [2.05, 4.69) is 17.0 Å². The highest BCUT2D eigenvalue weighted by Gasteiger charge is 2.23. The van der Waals surface area contributed by atoms with Crippen molar-refractivity contribution < 1.29 is 9.13 Å². The third kappa shape index (κ3) is 2.89. The van der Waals surface area contributed by atoms with E-state index in [-0.39, 0.29) is 11.9 Å². The van der Waals surface area contributed by atoms with Crippen LogP contribution in [0.25, 0.3) is 0 Å². The summed E-state index contributed by atoms with van der Waals surface area (Å²) in [5, 5.41) is 0. The summed E-state index contributed by atoms with van der Waals surface area (Å²) in [5.74, 6) is -0.192. The summed E-state index contributed by atoms with van der Waals surface area (Å²) in [5.41, 5.74) is 2.36. The van der Waals surface area contributed by atoms with E-state index >= 15 is 0 Å². The lowest BCUT2D eigenvalue weighted by atomic mass is 9.96. The maximum absolute atomic E-state index is 13.2. The molecule has 2 nitrogen and oxygen atoms in total. The Kier molecular flexibility index (Phi) is 4.09. The van der Waals surface area contributed by atoms with E-state index in [1.807, 2.05) is 30.3 Å². The van der Waals surface area contributed by atoms with Crippen LogP contribution in [-0.4, -0.2) is 31.2 Å². The van der Waals surface area contributed by atoms with Gasteiger partial charge in [0.15, 0.2) is 0 Å². The van der Waals surface area contributed by atoms with Crippen molar-refractivity contribution in [3.05, 3.63) is 71.5 Å². The molecule has 104 valence electrons. The van der Waals surface area contributed by atoms with E-state index in [4.69, 9.17) is 4.74 Å². The molecule has 1 heterocycles. The molecule has 0 saturated carbocycles. The van der Waals surface area contributed by atoms with Gasteiger partial charge in [0.05, 0.1) is 19.3 Å². The highest BCUT2D eigenvalue weighted by atomic mass is 19.1. The Morgan fingerprint density at radius 1 is 0.850 bits per heavy atom. The topological polar surface area (TPSA) is 12.5 Å². The number of ether oxygens (including phenoxy) is 1. The third-order valence-corrected chi connectivity index (χ3v) is 3.71. The predicted molar refractivity (Wildman–Crippen MR) is 77.1 cm³/mol. The van der Waals surface area contributed by atoms with Gasteiger partial charge in [-0.25, -0.2) is 4.39 Å². The summed E-state index contributed by atoms with van der Waals surface area (Å²) < 4.78 is 18.6. The molecular weight excluding hydrogens is 253 g/mol. The Labute approximate surface area is 118 Å². The van der Waals surface area contributed by atoms with Gasteiger partial charge >= 0.3 is 0 Å². The highest BCUT2D eigenvalue weighted by Crippen LogP contribution is 2.29. The molecule has 0 spiro atoms. The molecule has 2 aromatic carbocycles. The van der Waals surface area contributed by atoms with Crippen LogP contribution in [0.3, 0.4) is 0 Å². The zero-order valence-corrected chi connectivity index (χ0v) is 11.3. The normalized spacial score (nSPS) is 17.9. The molecule has 0 aliphatic carbocycles. The van der Waals surface area contributed by atoms with Gasteiger partial charge < -0.3 is 4.74 Å². The number of halogens is 1. The zero-order valence-electron chi connectivity index (χ0n) is 11.3. The molecule has 2 aromatic rings. The van der Waals surface area contributed by atoms with Crippen LogP contribution < -0.4 is 0 Å². The van der Waals surface area contributed by atoms with Gasteiger partial charge in [-0.3, -0.25) is 4.90 Å². The van der Waals surface area contributed by atoms with Gasteiger partial charge in [-0.2, -0.15) is 0 Å². The van der Waals surface area contributed by atoms with Crippen LogP contribution >= 0.6 is 0 Å². The summed E-state index contributed by atoms with van der Waals surface area (Å²) in [6, 6.07) is 17.4. The highest BCUT2D eigenvalue weighted by molar-refractivity contribution is 5.32. The first-order valence-electron chi connectivity index (χ1n) is 6.97. The average Bonchev–Trinajstić information content (AvgIpc) is 2.52. The van der Waals surface area contributed by atoms with Crippen molar-refractivity contribution in [2.45, 2.75) is 6.04 Å². The van der Waals surface area contributed by atoms with Crippen LogP contribution in [0.4, 0.5) is 4.39 Å². The maximum atomic E-state index is 13.2. The van der Waals surface area contributed by atoms with E-state index in [0.29, 0.717) is 0 Å². The molecule has 0 aromatic heterocycles. The third-order valence-electron chi connectivity index (χ3n) is 3.71. The molecule has 1 fully saturated rings. The minimum Gasteiger partial charge on any atom is -0.379 e. The summed E-state index contributed by atoms with van der Waals surface area (Å²) in [7, 11) is 0. The van der Waals surface area contributed by atoms with Crippen molar-refractivity contribution in [2.75, 3.05) is 26.3 Å². The lowest BCUT2D eigenvalue weighted by Crippen LogP contribution is -2.39. The summed E-state index contributed by atoms with van der Waals surface area (Å²) in [6.45, 7) is 3.31. The number of rotatable bonds is 3. The molecule has 0 bridgehead atoms. The number of hydrogen-bond donors (Lipinski definition) is 0. The molecule has 1 aliphatic heterocycles. The lowest BCUT2D eigenvalue weighted by molar-refractivity contribution is 0.0239. The van der Waals surface area contributed by atoms with Crippen LogP contribution in [0.2, 0.25) is 0 Å². The largest absolute Gasteiger partial charge is 0.379 e. The van der Waals surface area contributed by atoms with E-state index in [0.717, 1.165) is 31.9 Å².